The quantitative estimate of drug-likeness (QED) is 0.0628. The van der Waals surface area contributed by atoms with E-state index in [0.717, 1.165) is 18.2 Å². The number of carbonyl (C=O) groups excluding carboxylic acids is 1. The van der Waals surface area contributed by atoms with Gasteiger partial charge in [-0.1, -0.05) is 6.07 Å². The van der Waals surface area contributed by atoms with Crippen molar-refractivity contribution in [3.63, 3.8) is 0 Å². The molecule has 19 heteroatoms. The predicted octanol–water partition coefficient (Wildman–Crippen LogP) is -5.90. The van der Waals surface area contributed by atoms with Crippen molar-refractivity contribution >= 4 is 12.0 Å². The highest BCUT2D eigenvalue weighted by molar-refractivity contribution is 5.87. The highest BCUT2D eigenvalue weighted by Gasteiger charge is 2.54. The van der Waals surface area contributed by atoms with Crippen LogP contribution in [0.15, 0.2) is 24.3 Å². The van der Waals surface area contributed by atoms with E-state index < -0.39 is 129 Å². The van der Waals surface area contributed by atoms with Gasteiger partial charge in [-0.25, -0.2) is 4.79 Å². The lowest BCUT2D eigenvalue weighted by Crippen LogP contribution is -2.67. The molecule has 3 heterocycles. The predicted molar refractivity (Wildman–Crippen MR) is 144 cm³/mol. The van der Waals surface area contributed by atoms with Crippen molar-refractivity contribution in [3.8, 4) is 11.5 Å². The first-order valence-corrected chi connectivity index (χ1v) is 14.1. The Hall–Kier alpha value is -2.57. The molecule has 12 N–H and O–H groups in total. The monoisotopic (exact) mass is 666 g/mol. The topological polar surface area (TPSA) is 315 Å². The Morgan fingerprint density at radius 3 is 1.65 bits per heavy atom. The molecule has 0 radical (unpaired) electrons. The zero-order valence-electron chi connectivity index (χ0n) is 23.9. The number of rotatable bonds is 10. The van der Waals surface area contributed by atoms with Crippen molar-refractivity contribution in [2.75, 3.05) is 19.8 Å². The van der Waals surface area contributed by atoms with E-state index in [0.29, 0.717) is 0 Å². The fourth-order valence-corrected chi connectivity index (χ4v) is 5.06. The second-order valence-corrected chi connectivity index (χ2v) is 10.8. The number of hydrogen-bond donors (Lipinski definition) is 12. The van der Waals surface area contributed by atoms with E-state index in [2.05, 4.69) is 0 Å². The van der Waals surface area contributed by atoms with Gasteiger partial charge in [0, 0.05) is 6.08 Å². The molecule has 0 unspecified atom stereocenters. The Morgan fingerprint density at radius 2 is 1.11 bits per heavy atom. The Kier molecular flexibility index (Phi) is 12.3. The summed E-state index contributed by atoms with van der Waals surface area (Å²) in [5.41, 5.74) is 0.264. The minimum Gasteiger partial charge on any atom is -0.504 e. The first-order chi connectivity index (χ1) is 21.8. The van der Waals surface area contributed by atoms with Gasteiger partial charge in [0.2, 0.25) is 6.29 Å². The summed E-state index contributed by atoms with van der Waals surface area (Å²) < 4.78 is 32.8. The van der Waals surface area contributed by atoms with Crippen LogP contribution in [0, 0.1) is 0 Å². The fourth-order valence-electron chi connectivity index (χ4n) is 5.06. The number of phenolic OH excluding ortho intramolecular Hbond substituents is 2. The Balaban J connectivity index is 1.58. The second-order valence-electron chi connectivity index (χ2n) is 10.8. The van der Waals surface area contributed by atoms with Gasteiger partial charge in [-0.05, 0) is 23.8 Å². The van der Waals surface area contributed by atoms with Gasteiger partial charge in [-0.3, -0.25) is 0 Å². The minimum atomic E-state index is -1.98. The highest BCUT2D eigenvalue weighted by atomic mass is 16.8. The molecule has 15 atom stereocenters. The maximum atomic E-state index is 12.7. The number of aliphatic hydroxyl groups excluding tert-OH is 10. The lowest BCUT2D eigenvalue weighted by molar-refractivity contribution is -0.391. The van der Waals surface area contributed by atoms with E-state index in [1.807, 2.05) is 0 Å². The normalized spacial score (nSPS) is 41.8. The largest absolute Gasteiger partial charge is 0.504 e. The first kappa shape index (κ1) is 36.3. The van der Waals surface area contributed by atoms with Crippen LogP contribution in [0.1, 0.15) is 5.56 Å². The van der Waals surface area contributed by atoms with Crippen molar-refractivity contribution < 1.29 is 94.5 Å². The van der Waals surface area contributed by atoms with Crippen LogP contribution in [0.3, 0.4) is 0 Å². The molecule has 0 aliphatic carbocycles. The van der Waals surface area contributed by atoms with Crippen LogP contribution in [0.5, 0.6) is 11.5 Å². The van der Waals surface area contributed by atoms with Crippen molar-refractivity contribution in [1.82, 2.24) is 0 Å². The van der Waals surface area contributed by atoms with Gasteiger partial charge in [0.1, 0.15) is 67.1 Å². The Morgan fingerprint density at radius 1 is 0.630 bits per heavy atom. The molecule has 0 spiro atoms. The van der Waals surface area contributed by atoms with Gasteiger partial charge >= 0.3 is 5.97 Å². The van der Waals surface area contributed by atoms with E-state index in [1.54, 1.807) is 0 Å². The zero-order chi connectivity index (χ0) is 33.9. The van der Waals surface area contributed by atoms with Gasteiger partial charge in [-0.15, -0.1) is 0 Å². The Labute approximate surface area is 260 Å². The molecule has 3 fully saturated rings. The molecule has 46 heavy (non-hydrogen) atoms. The number of esters is 1. The van der Waals surface area contributed by atoms with Gasteiger partial charge in [-0.2, -0.15) is 0 Å². The summed E-state index contributed by atoms with van der Waals surface area (Å²) in [5.74, 6) is -1.99. The van der Waals surface area contributed by atoms with Crippen LogP contribution in [0.4, 0.5) is 0 Å². The molecule has 1 aromatic rings. The van der Waals surface area contributed by atoms with Crippen LogP contribution < -0.4 is 0 Å². The number of carbonyl (C=O) groups is 1. The van der Waals surface area contributed by atoms with Gasteiger partial charge in [0.05, 0.1) is 19.8 Å². The number of aromatic hydroxyl groups is 2. The standard InChI is InChI=1S/C27H38O19/c28-6-12-16(34)19(37)22(40)25(41-12)45-24-21(39)18(36)14(8-30)43-27(24)46-23-20(38)17(35)13(7-29)42-26(23)44-15(33)4-2-9-1-3-10(31)11(32)5-9/h1-5,12-14,16-32,34-40H,6-8H2/b4-2+/t12-,13-,14-,16-,17-,18-,19+,20+,21+,22-,23-,24-,25+,26+,27+/m1/s1. The Bertz CT molecular complexity index is 1180. The summed E-state index contributed by atoms with van der Waals surface area (Å²) >= 11 is 0. The molecular formula is C27H38O19. The number of aliphatic hydroxyl groups is 10. The maximum Gasteiger partial charge on any atom is 0.333 e. The molecule has 3 aliphatic rings. The van der Waals surface area contributed by atoms with Gasteiger partial charge in [0.15, 0.2) is 30.2 Å². The smallest absolute Gasteiger partial charge is 0.333 e. The third-order valence-corrected chi connectivity index (χ3v) is 7.72. The summed E-state index contributed by atoms with van der Waals surface area (Å²) in [6, 6.07) is 3.66. The molecule has 0 aromatic heterocycles. The molecule has 260 valence electrons. The fraction of sp³-hybridized carbons (Fsp3) is 0.667. The summed E-state index contributed by atoms with van der Waals surface area (Å²) in [6.45, 7) is -2.55. The molecule has 4 rings (SSSR count). The summed E-state index contributed by atoms with van der Waals surface area (Å²) in [5, 5.41) is 121. The maximum absolute atomic E-state index is 12.7. The lowest BCUT2D eigenvalue weighted by atomic mass is 9.96. The third-order valence-electron chi connectivity index (χ3n) is 7.72. The van der Waals surface area contributed by atoms with Crippen molar-refractivity contribution in [3.05, 3.63) is 29.8 Å². The first-order valence-electron chi connectivity index (χ1n) is 14.1. The average molecular weight is 667 g/mol. The van der Waals surface area contributed by atoms with E-state index in [9.17, 15) is 66.1 Å². The molecule has 0 amide bonds. The van der Waals surface area contributed by atoms with Crippen LogP contribution in [0.2, 0.25) is 0 Å². The number of hydrogen-bond acceptors (Lipinski definition) is 19. The summed E-state index contributed by atoms with van der Waals surface area (Å²) in [6.07, 6.45) is -25.1. The van der Waals surface area contributed by atoms with E-state index in [4.69, 9.17) is 28.4 Å². The van der Waals surface area contributed by atoms with Gasteiger partial charge < -0.3 is 89.7 Å². The van der Waals surface area contributed by atoms with Crippen molar-refractivity contribution in [1.29, 1.82) is 0 Å². The number of ether oxygens (including phenoxy) is 6. The van der Waals surface area contributed by atoms with Crippen LogP contribution in [0.25, 0.3) is 6.08 Å². The second kappa shape index (κ2) is 15.6. The number of benzene rings is 1. The van der Waals surface area contributed by atoms with Crippen LogP contribution >= 0.6 is 0 Å². The zero-order valence-corrected chi connectivity index (χ0v) is 23.9. The minimum absolute atomic E-state index is 0.264. The van der Waals surface area contributed by atoms with E-state index in [1.165, 1.54) is 12.1 Å². The highest BCUT2D eigenvalue weighted by Crippen LogP contribution is 2.33. The molecule has 19 nitrogen and oxygen atoms in total. The van der Waals surface area contributed by atoms with E-state index >= 15 is 0 Å². The molecule has 0 saturated carbocycles. The average Bonchev–Trinajstić information content (AvgIpc) is 3.04. The third kappa shape index (κ3) is 7.76. The molecule has 0 bridgehead atoms. The van der Waals surface area contributed by atoms with Gasteiger partial charge in [0.25, 0.3) is 0 Å². The lowest BCUT2D eigenvalue weighted by Gasteiger charge is -2.48. The van der Waals surface area contributed by atoms with Crippen molar-refractivity contribution in [2.24, 2.45) is 0 Å². The molecular weight excluding hydrogens is 628 g/mol. The molecule has 3 aliphatic heterocycles. The van der Waals surface area contributed by atoms with Crippen LogP contribution in [-0.2, 0) is 33.2 Å². The summed E-state index contributed by atoms with van der Waals surface area (Å²) in [4.78, 5) is 12.7. The SMILES string of the molecule is O=C(/C=C/c1ccc(O)c(O)c1)O[C@@H]1O[C@H](CO)[C@@H](O)[C@H](O)[C@H]1O[C@@H]1O[C@H](CO)[C@@H](O)[C@H](O)[C@H]1O[C@@H]1O[C@H](CO)[C@@H](O)[C@H](O)[C@H]1O. The number of phenols is 2. The van der Waals surface area contributed by atoms with Crippen molar-refractivity contribution in [2.45, 2.75) is 92.1 Å². The summed E-state index contributed by atoms with van der Waals surface area (Å²) in [7, 11) is 0. The van der Waals surface area contributed by atoms with E-state index in [-0.39, 0.29) is 5.56 Å². The molecule has 3 saturated heterocycles. The molecule has 1 aromatic carbocycles. The van der Waals surface area contributed by atoms with Crippen LogP contribution in [-0.4, -0.2) is 179 Å².